The van der Waals surface area contributed by atoms with Crippen LogP contribution in [0.5, 0.6) is 0 Å². The first kappa shape index (κ1) is 17.6. The van der Waals surface area contributed by atoms with Crippen LogP contribution in [0.2, 0.25) is 0 Å². The van der Waals surface area contributed by atoms with Gasteiger partial charge in [0, 0.05) is 25.0 Å². The number of ether oxygens (including phenoxy) is 1. The van der Waals surface area contributed by atoms with Crippen molar-refractivity contribution in [2.24, 2.45) is 5.92 Å². The molecule has 2 fully saturated rings. The number of nitrogens with one attached hydrogen (secondary N) is 1. The van der Waals surface area contributed by atoms with Crippen LogP contribution in [0.4, 0.5) is 5.82 Å². The molecule has 25 heavy (non-hydrogen) atoms. The van der Waals surface area contributed by atoms with Crippen molar-refractivity contribution in [3.8, 4) is 0 Å². The number of methoxy groups -OCH3 is 1. The molecule has 0 bridgehead atoms. The van der Waals surface area contributed by atoms with Gasteiger partial charge in [0.05, 0.1) is 7.11 Å². The number of aromatic nitrogens is 2. The molecule has 1 N–H and O–H groups in total. The third kappa shape index (κ3) is 4.46. The molecule has 0 atom stereocenters. The topological polar surface area (TPSA) is 84.4 Å². The largest absolute Gasteiger partial charge is 0.464 e. The number of esters is 1. The van der Waals surface area contributed by atoms with Gasteiger partial charge in [-0.05, 0) is 37.8 Å². The molecule has 3 rings (SSSR count). The van der Waals surface area contributed by atoms with Crippen molar-refractivity contribution in [2.75, 3.05) is 25.1 Å². The highest BCUT2D eigenvalue weighted by Gasteiger charge is 2.26. The van der Waals surface area contributed by atoms with Crippen molar-refractivity contribution in [3.63, 3.8) is 0 Å². The van der Waals surface area contributed by atoms with Gasteiger partial charge in [-0.25, -0.2) is 4.79 Å². The molecular formula is C18H26N4O3. The van der Waals surface area contributed by atoms with Gasteiger partial charge in [-0.1, -0.05) is 19.3 Å². The van der Waals surface area contributed by atoms with E-state index in [9.17, 15) is 9.59 Å². The van der Waals surface area contributed by atoms with Gasteiger partial charge in [-0.15, -0.1) is 10.2 Å². The Morgan fingerprint density at radius 3 is 2.40 bits per heavy atom. The number of nitrogens with zero attached hydrogens (tertiary/aromatic N) is 3. The van der Waals surface area contributed by atoms with E-state index in [2.05, 4.69) is 25.2 Å². The van der Waals surface area contributed by atoms with E-state index in [4.69, 9.17) is 0 Å². The lowest BCUT2D eigenvalue weighted by molar-refractivity contribution is -0.126. The van der Waals surface area contributed by atoms with Crippen molar-refractivity contribution >= 4 is 17.7 Å². The van der Waals surface area contributed by atoms with Crippen LogP contribution in [0, 0.1) is 5.92 Å². The van der Waals surface area contributed by atoms with E-state index in [1.807, 2.05) is 0 Å². The standard InChI is InChI=1S/C18H26N4O3/c1-25-18(24)15-7-8-16(21-20-15)22-11-9-14(10-12-22)19-17(23)13-5-3-2-4-6-13/h7-8,13-14H,2-6,9-12H2,1H3,(H,19,23). The fraction of sp³-hybridized carbons (Fsp3) is 0.667. The molecule has 2 aliphatic rings. The third-order valence-electron chi connectivity index (χ3n) is 5.19. The SMILES string of the molecule is COC(=O)c1ccc(N2CCC(NC(=O)C3CCCCC3)CC2)nn1. The van der Waals surface area contributed by atoms with Crippen LogP contribution in [0.25, 0.3) is 0 Å². The minimum atomic E-state index is -0.483. The number of hydrogen-bond donors (Lipinski definition) is 1. The molecule has 1 saturated heterocycles. The van der Waals surface area contributed by atoms with Gasteiger partial charge in [-0.2, -0.15) is 0 Å². The van der Waals surface area contributed by atoms with E-state index in [0.29, 0.717) is 0 Å². The first-order chi connectivity index (χ1) is 12.2. The summed E-state index contributed by atoms with van der Waals surface area (Å²) in [5.74, 6) is 0.719. The summed E-state index contributed by atoms with van der Waals surface area (Å²) in [6, 6.07) is 3.67. The molecule has 1 aliphatic carbocycles. The Morgan fingerprint density at radius 1 is 1.08 bits per heavy atom. The zero-order chi connectivity index (χ0) is 17.6. The van der Waals surface area contributed by atoms with Gasteiger partial charge in [0.15, 0.2) is 11.5 Å². The van der Waals surface area contributed by atoms with E-state index < -0.39 is 5.97 Å². The highest BCUT2D eigenvalue weighted by atomic mass is 16.5. The molecule has 7 nitrogen and oxygen atoms in total. The first-order valence-corrected chi connectivity index (χ1v) is 9.14. The van der Waals surface area contributed by atoms with Crippen molar-refractivity contribution in [1.29, 1.82) is 0 Å². The second-order valence-electron chi connectivity index (χ2n) is 6.87. The summed E-state index contributed by atoms with van der Waals surface area (Å²) in [5, 5.41) is 11.3. The zero-order valence-electron chi connectivity index (χ0n) is 14.7. The highest BCUT2D eigenvalue weighted by molar-refractivity contribution is 5.87. The van der Waals surface area contributed by atoms with Crippen LogP contribution in [0.3, 0.4) is 0 Å². The minimum Gasteiger partial charge on any atom is -0.464 e. The number of carbonyl (C=O) groups excluding carboxylic acids is 2. The lowest BCUT2D eigenvalue weighted by Crippen LogP contribution is -2.46. The second-order valence-corrected chi connectivity index (χ2v) is 6.87. The molecule has 1 aromatic rings. The molecule has 7 heteroatoms. The number of anilines is 1. The van der Waals surface area contributed by atoms with Gasteiger partial charge in [0.2, 0.25) is 5.91 Å². The predicted octanol–water partition coefficient (Wildman–Crippen LogP) is 1.93. The molecule has 1 aromatic heterocycles. The Balaban J connectivity index is 1.48. The smallest absolute Gasteiger partial charge is 0.358 e. The molecule has 0 unspecified atom stereocenters. The molecule has 0 radical (unpaired) electrons. The van der Waals surface area contributed by atoms with Crippen molar-refractivity contribution in [3.05, 3.63) is 17.8 Å². The van der Waals surface area contributed by atoms with Gasteiger partial charge in [0.25, 0.3) is 0 Å². The zero-order valence-corrected chi connectivity index (χ0v) is 14.7. The lowest BCUT2D eigenvalue weighted by atomic mass is 9.88. The Kier molecular flexibility index (Phi) is 5.83. The van der Waals surface area contributed by atoms with Crippen LogP contribution in [0.1, 0.15) is 55.4 Å². The fourth-order valence-corrected chi connectivity index (χ4v) is 3.64. The molecule has 1 aliphatic heterocycles. The van der Waals surface area contributed by atoms with E-state index in [0.717, 1.165) is 44.6 Å². The average molecular weight is 346 g/mol. The minimum absolute atomic E-state index is 0.209. The van der Waals surface area contributed by atoms with Crippen LogP contribution >= 0.6 is 0 Å². The van der Waals surface area contributed by atoms with Gasteiger partial charge in [0.1, 0.15) is 0 Å². The Bertz CT molecular complexity index is 591. The molecule has 136 valence electrons. The Labute approximate surface area is 148 Å². The Hall–Kier alpha value is -2.18. The van der Waals surface area contributed by atoms with E-state index >= 15 is 0 Å². The highest BCUT2D eigenvalue weighted by Crippen LogP contribution is 2.24. The number of carbonyl (C=O) groups is 2. The molecular weight excluding hydrogens is 320 g/mol. The number of rotatable bonds is 4. The summed E-state index contributed by atoms with van der Waals surface area (Å²) in [4.78, 5) is 25.9. The number of amides is 1. The first-order valence-electron chi connectivity index (χ1n) is 9.14. The summed E-state index contributed by atoms with van der Waals surface area (Å²) in [6.45, 7) is 1.64. The van der Waals surface area contributed by atoms with Crippen LogP contribution in [-0.2, 0) is 9.53 Å². The molecule has 0 spiro atoms. The van der Waals surface area contributed by atoms with Crippen molar-refractivity contribution in [1.82, 2.24) is 15.5 Å². The van der Waals surface area contributed by atoms with Crippen LogP contribution in [0.15, 0.2) is 12.1 Å². The summed E-state index contributed by atoms with van der Waals surface area (Å²) in [5.41, 5.74) is 0.209. The van der Waals surface area contributed by atoms with Gasteiger partial charge in [-0.3, -0.25) is 4.79 Å². The monoisotopic (exact) mass is 346 g/mol. The molecule has 2 heterocycles. The van der Waals surface area contributed by atoms with Gasteiger partial charge >= 0.3 is 5.97 Å². The van der Waals surface area contributed by atoms with Crippen molar-refractivity contribution in [2.45, 2.75) is 51.0 Å². The molecule has 1 saturated carbocycles. The average Bonchev–Trinajstić information content (AvgIpc) is 2.69. The van der Waals surface area contributed by atoms with Crippen molar-refractivity contribution < 1.29 is 14.3 Å². The van der Waals surface area contributed by atoms with Crippen LogP contribution < -0.4 is 10.2 Å². The maximum absolute atomic E-state index is 12.4. The second kappa shape index (κ2) is 8.27. The number of piperidine rings is 1. The fourth-order valence-electron chi connectivity index (χ4n) is 3.64. The molecule has 0 aromatic carbocycles. The van der Waals surface area contributed by atoms with E-state index in [1.54, 1.807) is 12.1 Å². The third-order valence-corrected chi connectivity index (χ3v) is 5.19. The van der Waals surface area contributed by atoms with E-state index in [1.165, 1.54) is 26.4 Å². The summed E-state index contributed by atoms with van der Waals surface area (Å²) < 4.78 is 4.63. The Morgan fingerprint density at radius 2 is 1.80 bits per heavy atom. The summed E-state index contributed by atoms with van der Waals surface area (Å²) in [7, 11) is 1.32. The molecule has 1 amide bonds. The van der Waals surface area contributed by atoms with Crippen LogP contribution in [-0.4, -0.2) is 48.3 Å². The van der Waals surface area contributed by atoms with E-state index in [-0.39, 0.29) is 23.6 Å². The predicted molar refractivity (Wildman–Crippen MR) is 93.3 cm³/mol. The van der Waals surface area contributed by atoms with Gasteiger partial charge < -0.3 is 15.0 Å². The summed E-state index contributed by atoms with van der Waals surface area (Å²) in [6.07, 6.45) is 7.49. The lowest BCUT2D eigenvalue weighted by Gasteiger charge is -2.34. The number of hydrogen-bond acceptors (Lipinski definition) is 6. The quantitative estimate of drug-likeness (QED) is 0.839. The maximum Gasteiger partial charge on any atom is 0.358 e. The normalized spacial score (nSPS) is 19.5. The summed E-state index contributed by atoms with van der Waals surface area (Å²) >= 11 is 0. The maximum atomic E-state index is 12.4.